The van der Waals surface area contributed by atoms with Crippen LogP contribution in [-0.2, 0) is 4.74 Å². The van der Waals surface area contributed by atoms with Crippen LogP contribution in [0.2, 0.25) is 0 Å². The van der Waals surface area contributed by atoms with Gasteiger partial charge in [-0.05, 0) is 56.5 Å². The maximum Gasteiger partial charge on any atom is 0.182 e. The summed E-state index contributed by atoms with van der Waals surface area (Å²) in [5.74, 6) is -0.636. The van der Waals surface area contributed by atoms with E-state index in [4.69, 9.17) is 4.74 Å². The lowest BCUT2D eigenvalue weighted by Gasteiger charge is -2.47. The van der Waals surface area contributed by atoms with Crippen LogP contribution < -0.4 is 10.6 Å². The van der Waals surface area contributed by atoms with Crippen molar-refractivity contribution in [1.82, 2.24) is 25.8 Å². The number of aromatic hydroxyl groups is 1. The van der Waals surface area contributed by atoms with E-state index in [9.17, 15) is 9.50 Å². The van der Waals surface area contributed by atoms with Crippen LogP contribution in [0.25, 0.3) is 22.3 Å². The number of nitrogens with one attached hydrogen (secondary N) is 3. The molecule has 0 saturated carbocycles. The zero-order valence-electron chi connectivity index (χ0n) is 17.8. The first-order valence-corrected chi connectivity index (χ1v) is 10.9. The van der Waals surface area contributed by atoms with Crippen molar-refractivity contribution >= 4 is 11.0 Å². The molecule has 4 heterocycles. The number of phenols is 1. The van der Waals surface area contributed by atoms with Gasteiger partial charge in [0.05, 0.1) is 18.3 Å². The van der Waals surface area contributed by atoms with E-state index in [0.29, 0.717) is 23.5 Å². The zero-order chi connectivity index (χ0) is 21.6. The van der Waals surface area contributed by atoms with E-state index in [-0.39, 0.29) is 23.4 Å². The molecule has 31 heavy (non-hydrogen) atoms. The first kappa shape index (κ1) is 20.4. The van der Waals surface area contributed by atoms with Crippen molar-refractivity contribution < 1.29 is 14.2 Å². The first-order chi connectivity index (χ1) is 15.0. The minimum Gasteiger partial charge on any atom is -0.508 e. The van der Waals surface area contributed by atoms with Gasteiger partial charge in [-0.25, -0.2) is 9.37 Å². The van der Waals surface area contributed by atoms with Gasteiger partial charge < -0.3 is 20.5 Å². The SMILES string of the molecule is CCC1(NC2COC2c2cc(-c3ccc(O)cc3F)nc3n[nH]c(C)c23)CCCNC1. The molecule has 2 aromatic heterocycles. The molecule has 0 amide bonds. The molecule has 0 bridgehead atoms. The number of nitrogens with zero attached hydrogens (tertiary/aromatic N) is 2. The van der Waals surface area contributed by atoms with Crippen LogP contribution >= 0.6 is 0 Å². The number of piperidine rings is 1. The van der Waals surface area contributed by atoms with Crippen molar-refractivity contribution in [2.24, 2.45) is 0 Å². The largest absolute Gasteiger partial charge is 0.508 e. The number of hydrogen-bond donors (Lipinski definition) is 4. The van der Waals surface area contributed by atoms with Crippen LogP contribution in [0.5, 0.6) is 5.75 Å². The molecule has 164 valence electrons. The Kier molecular flexibility index (Phi) is 5.16. The molecule has 2 fully saturated rings. The summed E-state index contributed by atoms with van der Waals surface area (Å²) in [7, 11) is 0. The minimum atomic E-state index is -0.521. The van der Waals surface area contributed by atoms with Gasteiger partial charge in [0.25, 0.3) is 0 Å². The number of aryl methyl sites for hydroxylation is 1. The smallest absolute Gasteiger partial charge is 0.182 e. The number of fused-ring (bicyclic) bond motifs is 1. The normalized spacial score (nSPS) is 26.2. The maximum atomic E-state index is 14.6. The van der Waals surface area contributed by atoms with Crippen molar-refractivity contribution in [1.29, 1.82) is 0 Å². The summed E-state index contributed by atoms with van der Waals surface area (Å²) in [6, 6.07) is 6.17. The van der Waals surface area contributed by atoms with Crippen LogP contribution in [-0.4, -0.2) is 51.6 Å². The molecule has 3 unspecified atom stereocenters. The summed E-state index contributed by atoms with van der Waals surface area (Å²) in [6.07, 6.45) is 3.18. The van der Waals surface area contributed by atoms with E-state index in [2.05, 4.69) is 32.7 Å². The number of aromatic nitrogens is 3. The zero-order valence-corrected chi connectivity index (χ0v) is 17.8. The van der Waals surface area contributed by atoms with Gasteiger partial charge in [-0.1, -0.05) is 6.92 Å². The molecule has 0 spiro atoms. The summed E-state index contributed by atoms with van der Waals surface area (Å²) in [4.78, 5) is 4.58. The van der Waals surface area contributed by atoms with Crippen molar-refractivity contribution in [2.75, 3.05) is 19.7 Å². The average molecular weight is 426 g/mol. The van der Waals surface area contributed by atoms with E-state index >= 15 is 0 Å². The van der Waals surface area contributed by atoms with Crippen LogP contribution in [0.4, 0.5) is 4.39 Å². The van der Waals surface area contributed by atoms with Gasteiger partial charge in [-0.3, -0.25) is 5.10 Å². The average Bonchev–Trinajstić information content (AvgIpc) is 3.13. The van der Waals surface area contributed by atoms with E-state index in [1.807, 2.05) is 13.0 Å². The van der Waals surface area contributed by atoms with Crippen LogP contribution in [0.1, 0.15) is 43.5 Å². The third-order valence-corrected chi connectivity index (χ3v) is 6.73. The van der Waals surface area contributed by atoms with E-state index < -0.39 is 5.82 Å². The molecule has 1 aromatic carbocycles. The van der Waals surface area contributed by atoms with Crippen LogP contribution in [0.15, 0.2) is 24.3 Å². The van der Waals surface area contributed by atoms with E-state index in [1.165, 1.54) is 6.07 Å². The molecular weight excluding hydrogens is 397 g/mol. The molecule has 7 nitrogen and oxygen atoms in total. The Hall–Kier alpha value is -2.55. The second-order valence-corrected chi connectivity index (χ2v) is 8.73. The Labute approximate surface area is 180 Å². The molecule has 5 rings (SSSR count). The number of H-pyrrole nitrogens is 1. The van der Waals surface area contributed by atoms with Gasteiger partial charge in [0.1, 0.15) is 17.7 Å². The van der Waals surface area contributed by atoms with Crippen LogP contribution in [0.3, 0.4) is 0 Å². The van der Waals surface area contributed by atoms with Crippen molar-refractivity contribution in [3.8, 4) is 17.0 Å². The van der Waals surface area contributed by atoms with Gasteiger partial charge in [-0.15, -0.1) is 0 Å². The highest BCUT2D eigenvalue weighted by Gasteiger charge is 2.41. The number of phenolic OH excluding ortho intramolecular Hbond substituents is 1. The summed E-state index contributed by atoms with van der Waals surface area (Å²) in [5.41, 5.74) is 3.27. The maximum absolute atomic E-state index is 14.6. The molecule has 0 radical (unpaired) electrons. The minimum absolute atomic E-state index is 0.0639. The predicted octanol–water partition coefficient (Wildman–Crippen LogP) is 3.34. The van der Waals surface area contributed by atoms with Gasteiger partial charge in [-0.2, -0.15) is 5.10 Å². The Morgan fingerprint density at radius 3 is 2.90 bits per heavy atom. The number of halogens is 1. The molecule has 2 aliphatic heterocycles. The van der Waals surface area contributed by atoms with Crippen LogP contribution in [0, 0.1) is 12.7 Å². The Morgan fingerprint density at radius 2 is 2.23 bits per heavy atom. The van der Waals surface area contributed by atoms with Crippen molar-refractivity contribution in [3.63, 3.8) is 0 Å². The Bertz CT molecular complexity index is 1110. The summed E-state index contributed by atoms with van der Waals surface area (Å²) < 4.78 is 20.6. The quantitative estimate of drug-likeness (QED) is 0.501. The Balaban J connectivity index is 1.53. The van der Waals surface area contributed by atoms with Gasteiger partial charge in [0, 0.05) is 34.8 Å². The van der Waals surface area contributed by atoms with Crippen molar-refractivity contribution in [2.45, 2.75) is 50.8 Å². The standard InChI is InChI=1S/C23H28FN5O2/c1-3-23(7-4-8-25-12-23)27-19-11-31-21(19)16-10-18(15-6-5-14(30)9-17(15)24)26-22-20(16)13(2)28-29-22/h5-6,9-10,19,21,25,27,30H,3-4,7-8,11-12H2,1-2H3,(H,26,28,29). The number of rotatable bonds is 5. The third-order valence-electron chi connectivity index (χ3n) is 6.73. The fourth-order valence-electron chi connectivity index (χ4n) is 4.88. The topological polar surface area (TPSA) is 95.1 Å². The number of ether oxygens (including phenoxy) is 1. The highest BCUT2D eigenvalue weighted by atomic mass is 19.1. The second kappa shape index (κ2) is 7.85. The monoisotopic (exact) mass is 425 g/mol. The number of hydrogen-bond acceptors (Lipinski definition) is 6. The number of pyridine rings is 1. The second-order valence-electron chi connectivity index (χ2n) is 8.73. The molecule has 0 aliphatic carbocycles. The molecule has 3 atom stereocenters. The molecule has 3 aromatic rings. The molecular formula is C23H28FN5O2. The molecule has 8 heteroatoms. The fraction of sp³-hybridized carbons (Fsp3) is 0.478. The molecule has 4 N–H and O–H groups in total. The highest BCUT2D eigenvalue weighted by molar-refractivity contribution is 5.85. The summed E-state index contributed by atoms with van der Waals surface area (Å²) >= 11 is 0. The van der Waals surface area contributed by atoms with Gasteiger partial charge in [0.15, 0.2) is 5.65 Å². The van der Waals surface area contributed by atoms with E-state index in [1.54, 1.807) is 6.07 Å². The first-order valence-electron chi connectivity index (χ1n) is 10.9. The van der Waals surface area contributed by atoms with E-state index in [0.717, 1.165) is 55.1 Å². The number of aromatic amines is 1. The lowest BCUT2D eigenvalue weighted by molar-refractivity contribution is -0.101. The molecule has 2 aliphatic rings. The summed E-state index contributed by atoms with van der Waals surface area (Å²) in [6.45, 7) is 6.84. The summed E-state index contributed by atoms with van der Waals surface area (Å²) in [5, 5.41) is 25.2. The van der Waals surface area contributed by atoms with Gasteiger partial charge >= 0.3 is 0 Å². The predicted molar refractivity (Wildman–Crippen MR) is 116 cm³/mol. The van der Waals surface area contributed by atoms with Gasteiger partial charge in [0.2, 0.25) is 0 Å². The lowest BCUT2D eigenvalue weighted by atomic mass is 9.84. The third kappa shape index (κ3) is 3.58. The fourth-order valence-corrected chi connectivity index (χ4v) is 4.88. The Morgan fingerprint density at radius 1 is 1.35 bits per heavy atom. The molecule has 2 saturated heterocycles. The highest BCUT2D eigenvalue weighted by Crippen LogP contribution is 2.39. The van der Waals surface area contributed by atoms with Crippen molar-refractivity contribution in [3.05, 3.63) is 41.3 Å². The lowest BCUT2D eigenvalue weighted by Crippen LogP contribution is -2.63. The number of benzene rings is 1.